The Balaban J connectivity index is 1.64. The van der Waals surface area contributed by atoms with Crippen molar-refractivity contribution in [1.82, 2.24) is 19.7 Å². The first-order chi connectivity index (χ1) is 11.8. The van der Waals surface area contributed by atoms with Crippen molar-refractivity contribution >= 4 is 27.5 Å². The molecule has 0 unspecified atom stereocenters. The number of hydrogen-bond donors (Lipinski definition) is 1. The lowest BCUT2D eigenvalue weighted by molar-refractivity contribution is -0.137. The van der Waals surface area contributed by atoms with Crippen molar-refractivity contribution in [2.24, 2.45) is 0 Å². The Morgan fingerprint density at radius 3 is 2.76 bits per heavy atom. The van der Waals surface area contributed by atoms with Gasteiger partial charge < -0.3 is 9.72 Å². The molecule has 1 N–H and O–H groups in total. The van der Waals surface area contributed by atoms with Gasteiger partial charge in [0.2, 0.25) is 0 Å². The Bertz CT molecular complexity index is 923. The zero-order chi connectivity index (χ0) is 18.0. The third-order valence-electron chi connectivity index (χ3n) is 3.46. The fourth-order valence-corrected chi connectivity index (χ4v) is 2.64. The van der Waals surface area contributed by atoms with Crippen molar-refractivity contribution in [2.75, 3.05) is 6.54 Å². The molecule has 0 fully saturated rings. The molecule has 0 atom stereocenters. The van der Waals surface area contributed by atoms with E-state index in [0.717, 1.165) is 12.3 Å². The average molecular weight is 413 g/mol. The van der Waals surface area contributed by atoms with E-state index in [4.69, 9.17) is 0 Å². The quantitative estimate of drug-likeness (QED) is 0.713. The van der Waals surface area contributed by atoms with Crippen LogP contribution in [0.4, 0.5) is 13.2 Å². The predicted molar refractivity (Wildman–Crippen MR) is 88.2 cm³/mol. The van der Waals surface area contributed by atoms with E-state index in [0.29, 0.717) is 34.3 Å². The summed E-state index contributed by atoms with van der Waals surface area (Å²) < 4.78 is 40.2. The monoisotopic (exact) mass is 412 g/mol. The summed E-state index contributed by atoms with van der Waals surface area (Å²) in [5, 5.41) is 2.73. The van der Waals surface area contributed by atoms with Crippen LogP contribution < -0.4 is 5.32 Å². The number of fused-ring (bicyclic) bond motifs is 1. The molecule has 25 heavy (non-hydrogen) atoms. The number of alkyl halides is 3. The number of halogens is 4. The number of pyridine rings is 2. The average Bonchev–Trinajstić information content (AvgIpc) is 2.95. The molecule has 0 saturated carbocycles. The highest BCUT2D eigenvalue weighted by Gasteiger charge is 2.30. The zero-order valence-corrected chi connectivity index (χ0v) is 14.3. The molecular weight excluding hydrogens is 401 g/mol. The molecule has 3 aromatic heterocycles. The van der Waals surface area contributed by atoms with Crippen LogP contribution in [0.15, 0.2) is 47.5 Å². The van der Waals surface area contributed by atoms with Gasteiger partial charge in [-0.3, -0.25) is 9.78 Å². The van der Waals surface area contributed by atoms with E-state index in [9.17, 15) is 18.0 Å². The molecule has 0 aliphatic heterocycles. The Labute approximate surface area is 149 Å². The summed E-state index contributed by atoms with van der Waals surface area (Å²) in [7, 11) is 0. The minimum atomic E-state index is -4.40. The van der Waals surface area contributed by atoms with Crippen LogP contribution in [0.1, 0.15) is 21.6 Å². The fraction of sp³-hybridized carbons (Fsp3) is 0.188. The number of hydrogen-bond acceptors (Lipinski definition) is 3. The molecule has 5 nitrogen and oxygen atoms in total. The van der Waals surface area contributed by atoms with Crippen LogP contribution in [0.2, 0.25) is 0 Å². The fourth-order valence-electron chi connectivity index (χ4n) is 2.27. The second-order valence-corrected chi connectivity index (χ2v) is 6.23. The van der Waals surface area contributed by atoms with E-state index in [2.05, 4.69) is 31.2 Å². The molecular formula is C16H12BrF3N4O. The van der Waals surface area contributed by atoms with Crippen LogP contribution >= 0.6 is 15.9 Å². The summed E-state index contributed by atoms with van der Waals surface area (Å²) in [6.45, 7) is 0.307. The number of imidazole rings is 1. The number of nitrogens with one attached hydrogen (secondary N) is 1. The van der Waals surface area contributed by atoms with Crippen LogP contribution in [-0.2, 0) is 12.6 Å². The number of aromatic nitrogens is 3. The van der Waals surface area contributed by atoms with E-state index in [1.165, 1.54) is 22.9 Å². The van der Waals surface area contributed by atoms with E-state index >= 15 is 0 Å². The van der Waals surface area contributed by atoms with Crippen molar-refractivity contribution in [3.63, 3.8) is 0 Å². The lowest BCUT2D eigenvalue weighted by Gasteiger charge is -2.05. The first-order valence-corrected chi connectivity index (χ1v) is 8.06. The van der Waals surface area contributed by atoms with Gasteiger partial charge in [-0.25, -0.2) is 4.98 Å². The molecule has 0 aliphatic carbocycles. The summed E-state index contributed by atoms with van der Waals surface area (Å²) in [5.41, 5.74) is 0.691. The molecule has 0 saturated heterocycles. The number of carbonyl (C=O) groups excluding carboxylic acids is 1. The standard InChI is InChI=1S/C16H12BrF3N4O/c17-12-5-10(6-21-7-12)15(25)22-4-3-13-9-24-8-11(16(18,19)20)1-2-14(24)23-13/h1-2,5-9H,3-4H2,(H,22,25). The minimum Gasteiger partial charge on any atom is -0.352 e. The van der Waals surface area contributed by atoms with E-state index in [1.54, 1.807) is 12.3 Å². The molecule has 0 spiro atoms. The molecule has 0 bridgehead atoms. The van der Waals surface area contributed by atoms with E-state index in [-0.39, 0.29) is 5.91 Å². The summed E-state index contributed by atoms with van der Waals surface area (Å²) in [4.78, 5) is 20.1. The third-order valence-corrected chi connectivity index (χ3v) is 3.90. The van der Waals surface area contributed by atoms with E-state index in [1.807, 2.05) is 0 Å². The van der Waals surface area contributed by atoms with Gasteiger partial charge in [-0.2, -0.15) is 13.2 Å². The molecule has 9 heteroatoms. The highest BCUT2D eigenvalue weighted by molar-refractivity contribution is 9.10. The van der Waals surface area contributed by atoms with Gasteiger partial charge in [0, 0.05) is 42.2 Å². The summed E-state index contributed by atoms with van der Waals surface area (Å²) in [6.07, 6.45) is 1.54. The highest BCUT2D eigenvalue weighted by Crippen LogP contribution is 2.29. The van der Waals surface area contributed by atoms with Gasteiger partial charge in [0.25, 0.3) is 5.91 Å². The van der Waals surface area contributed by atoms with Crippen LogP contribution in [0.25, 0.3) is 5.65 Å². The van der Waals surface area contributed by atoms with Crippen LogP contribution in [0.5, 0.6) is 0 Å². The Morgan fingerprint density at radius 1 is 1.24 bits per heavy atom. The molecule has 3 aromatic rings. The Morgan fingerprint density at radius 2 is 2.04 bits per heavy atom. The van der Waals surface area contributed by atoms with Crippen molar-refractivity contribution < 1.29 is 18.0 Å². The molecule has 130 valence electrons. The van der Waals surface area contributed by atoms with Crippen molar-refractivity contribution in [1.29, 1.82) is 0 Å². The molecule has 0 radical (unpaired) electrons. The van der Waals surface area contributed by atoms with Gasteiger partial charge in [0.05, 0.1) is 16.8 Å². The Hall–Kier alpha value is -2.42. The topological polar surface area (TPSA) is 59.3 Å². The number of nitrogens with zero attached hydrogens (tertiary/aromatic N) is 3. The summed E-state index contributed by atoms with van der Waals surface area (Å²) >= 11 is 3.24. The van der Waals surface area contributed by atoms with Crippen molar-refractivity contribution in [3.8, 4) is 0 Å². The van der Waals surface area contributed by atoms with Gasteiger partial charge in [-0.1, -0.05) is 0 Å². The largest absolute Gasteiger partial charge is 0.417 e. The summed E-state index contributed by atoms with van der Waals surface area (Å²) in [6, 6.07) is 3.96. The number of rotatable bonds is 4. The lowest BCUT2D eigenvalue weighted by Crippen LogP contribution is -2.25. The SMILES string of the molecule is O=C(NCCc1cn2cc(C(F)(F)F)ccc2n1)c1cncc(Br)c1. The maximum atomic E-state index is 12.7. The zero-order valence-electron chi connectivity index (χ0n) is 12.7. The minimum absolute atomic E-state index is 0.281. The third kappa shape index (κ3) is 4.16. The van der Waals surface area contributed by atoms with Gasteiger partial charge in [0.15, 0.2) is 0 Å². The molecule has 1 amide bonds. The lowest BCUT2D eigenvalue weighted by atomic mass is 10.2. The van der Waals surface area contributed by atoms with Gasteiger partial charge in [-0.05, 0) is 34.1 Å². The smallest absolute Gasteiger partial charge is 0.352 e. The molecule has 0 aromatic carbocycles. The second kappa shape index (κ2) is 6.83. The molecule has 0 aliphatic rings. The first-order valence-electron chi connectivity index (χ1n) is 7.26. The summed E-state index contributed by atoms with van der Waals surface area (Å²) in [5.74, 6) is -0.281. The number of carbonyl (C=O) groups is 1. The van der Waals surface area contributed by atoms with E-state index < -0.39 is 11.7 Å². The normalized spacial score (nSPS) is 11.7. The predicted octanol–water partition coefficient (Wildman–Crippen LogP) is 3.48. The van der Waals surface area contributed by atoms with Crippen molar-refractivity contribution in [3.05, 3.63) is 64.3 Å². The molecule has 3 heterocycles. The van der Waals surface area contributed by atoms with Gasteiger partial charge in [0.1, 0.15) is 5.65 Å². The highest BCUT2D eigenvalue weighted by atomic mass is 79.9. The van der Waals surface area contributed by atoms with Gasteiger partial charge >= 0.3 is 6.18 Å². The maximum Gasteiger partial charge on any atom is 0.417 e. The maximum absolute atomic E-state index is 12.7. The first kappa shape index (κ1) is 17.4. The molecule has 3 rings (SSSR count). The van der Waals surface area contributed by atoms with Crippen LogP contribution in [0.3, 0.4) is 0 Å². The Kier molecular flexibility index (Phi) is 4.76. The van der Waals surface area contributed by atoms with Crippen LogP contribution in [0, 0.1) is 0 Å². The number of amides is 1. The van der Waals surface area contributed by atoms with Crippen LogP contribution in [-0.4, -0.2) is 26.8 Å². The van der Waals surface area contributed by atoms with Gasteiger partial charge in [-0.15, -0.1) is 0 Å². The second-order valence-electron chi connectivity index (χ2n) is 5.31. The van der Waals surface area contributed by atoms with Crippen molar-refractivity contribution in [2.45, 2.75) is 12.6 Å².